The van der Waals surface area contributed by atoms with Gasteiger partial charge < -0.3 is 20.3 Å². The fourth-order valence-corrected chi connectivity index (χ4v) is 9.69. The second-order valence-electron chi connectivity index (χ2n) is 21.4. The van der Waals surface area contributed by atoms with Crippen molar-refractivity contribution in [1.82, 2.24) is 5.32 Å². The van der Waals surface area contributed by atoms with E-state index in [0.717, 1.165) is 44.9 Å². The maximum atomic E-state index is 12.5. The van der Waals surface area contributed by atoms with E-state index >= 15 is 0 Å². The Morgan fingerprint density at radius 1 is 0.391 bits per heavy atom. The fraction of sp³-hybridized carbons (Fsp3) is 0.905. The van der Waals surface area contributed by atoms with Gasteiger partial charge in [-0.15, -0.1) is 0 Å². The second-order valence-corrected chi connectivity index (χ2v) is 21.4. The number of esters is 1. The maximum Gasteiger partial charge on any atom is 0.305 e. The van der Waals surface area contributed by atoms with Gasteiger partial charge in [0.25, 0.3) is 0 Å². The molecule has 0 spiro atoms. The molecule has 6 heteroatoms. The summed E-state index contributed by atoms with van der Waals surface area (Å²) < 4.78 is 5.46. The third-order valence-electron chi connectivity index (χ3n) is 14.5. The third kappa shape index (κ3) is 55.5. The molecule has 1 amide bonds. The van der Waals surface area contributed by atoms with E-state index < -0.39 is 12.1 Å². The number of unbranched alkanes of at least 4 members (excludes halogenated alkanes) is 45. The molecule has 0 aliphatic rings. The molecule has 3 N–H and O–H groups in total. The highest BCUT2D eigenvalue weighted by molar-refractivity contribution is 5.76. The van der Waals surface area contributed by atoms with Crippen LogP contribution in [0.5, 0.6) is 0 Å². The summed E-state index contributed by atoms with van der Waals surface area (Å²) in [5, 5.41) is 23.2. The number of hydrogen-bond acceptors (Lipinski definition) is 5. The normalized spacial score (nSPS) is 12.7. The van der Waals surface area contributed by atoms with Crippen LogP contribution in [0.3, 0.4) is 0 Å². The molecule has 0 aromatic rings. The van der Waals surface area contributed by atoms with Crippen molar-refractivity contribution in [2.24, 2.45) is 0 Å². The number of ether oxygens (including phenoxy) is 1. The van der Waals surface area contributed by atoms with Crippen LogP contribution in [0.2, 0.25) is 0 Å². The first-order chi connectivity index (χ1) is 34.0. The lowest BCUT2D eigenvalue weighted by molar-refractivity contribution is -0.143. The molecule has 0 aliphatic carbocycles. The molecular weight excluding hydrogens is 851 g/mol. The van der Waals surface area contributed by atoms with Gasteiger partial charge in [0.15, 0.2) is 0 Å². The van der Waals surface area contributed by atoms with E-state index in [2.05, 4.69) is 31.3 Å². The Balaban J connectivity index is 3.44. The molecule has 0 rings (SSSR count). The molecule has 0 saturated heterocycles. The average Bonchev–Trinajstić information content (AvgIpc) is 3.35. The Bertz CT molecular complexity index is 1080. The van der Waals surface area contributed by atoms with Crippen molar-refractivity contribution >= 4 is 11.9 Å². The topological polar surface area (TPSA) is 95.9 Å². The highest BCUT2D eigenvalue weighted by Gasteiger charge is 2.18. The number of allylic oxidation sites excluding steroid dienone is 3. The molecule has 2 atom stereocenters. The van der Waals surface area contributed by atoms with Crippen LogP contribution in [-0.2, 0) is 14.3 Å². The van der Waals surface area contributed by atoms with Gasteiger partial charge in [0.1, 0.15) is 0 Å². The number of rotatable bonds is 58. The maximum absolute atomic E-state index is 12.5. The van der Waals surface area contributed by atoms with Gasteiger partial charge in [-0.3, -0.25) is 9.59 Å². The van der Waals surface area contributed by atoms with Gasteiger partial charge in [-0.25, -0.2) is 0 Å². The SMILES string of the molecule is CCCCCCCCCCCCCCCCCC/C=C/C(O)C(CO)NC(=O)CCCCCCCCC/C=C\CCCCCCCCCCCCCCOC(=O)CCCCCCCCCCCCC. The molecule has 2 unspecified atom stereocenters. The minimum Gasteiger partial charge on any atom is -0.466 e. The Kier molecular flexibility index (Phi) is 57.5. The predicted octanol–water partition coefficient (Wildman–Crippen LogP) is 19.4. The van der Waals surface area contributed by atoms with Crippen molar-refractivity contribution < 1.29 is 24.5 Å². The lowest BCUT2D eigenvalue weighted by Crippen LogP contribution is -2.45. The van der Waals surface area contributed by atoms with Crippen LogP contribution in [0.15, 0.2) is 24.3 Å². The predicted molar refractivity (Wildman–Crippen MR) is 301 cm³/mol. The van der Waals surface area contributed by atoms with Crippen LogP contribution in [0.1, 0.15) is 341 Å². The van der Waals surface area contributed by atoms with Gasteiger partial charge in [-0.2, -0.15) is 0 Å². The highest BCUT2D eigenvalue weighted by Crippen LogP contribution is 2.17. The molecule has 0 heterocycles. The molecule has 0 saturated carbocycles. The van der Waals surface area contributed by atoms with Crippen LogP contribution < -0.4 is 5.32 Å². The van der Waals surface area contributed by atoms with Crippen LogP contribution in [0.4, 0.5) is 0 Å². The van der Waals surface area contributed by atoms with Crippen molar-refractivity contribution in [3.8, 4) is 0 Å². The van der Waals surface area contributed by atoms with Gasteiger partial charge in [0, 0.05) is 12.8 Å². The van der Waals surface area contributed by atoms with Crippen molar-refractivity contribution in [3.63, 3.8) is 0 Å². The lowest BCUT2D eigenvalue weighted by Gasteiger charge is -2.20. The van der Waals surface area contributed by atoms with E-state index in [9.17, 15) is 19.8 Å². The number of hydrogen-bond donors (Lipinski definition) is 3. The standard InChI is InChI=1S/C63H121NO5/c1-3-5-7-9-11-13-15-16-17-18-26-29-32-36-39-43-47-51-55-61(66)60(59-65)64-62(67)56-52-48-44-40-37-33-30-27-24-22-20-19-21-23-25-28-31-34-38-42-46-50-54-58-69-63(68)57-53-49-45-41-35-14-12-10-8-6-4-2/h22,24,51,55,60-61,65-66H,3-21,23,25-50,52-54,56-59H2,1-2H3,(H,64,67)/b24-22-,55-51+. The molecule has 0 aromatic carbocycles. The zero-order chi connectivity index (χ0) is 50.0. The summed E-state index contributed by atoms with van der Waals surface area (Å²) in [4.78, 5) is 24.5. The molecule has 0 aliphatic heterocycles. The number of amides is 1. The van der Waals surface area contributed by atoms with Gasteiger partial charge in [0.05, 0.1) is 25.4 Å². The Labute approximate surface area is 431 Å². The quantitative estimate of drug-likeness (QED) is 0.0321. The van der Waals surface area contributed by atoms with E-state index in [1.165, 1.54) is 270 Å². The number of aliphatic hydroxyl groups excluding tert-OH is 2. The monoisotopic (exact) mass is 972 g/mol. The van der Waals surface area contributed by atoms with Crippen LogP contribution in [-0.4, -0.2) is 47.4 Å². The summed E-state index contributed by atoms with van der Waals surface area (Å²) in [5.41, 5.74) is 0. The summed E-state index contributed by atoms with van der Waals surface area (Å²) in [6.45, 7) is 4.92. The van der Waals surface area contributed by atoms with E-state index in [4.69, 9.17) is 4.74 Å². The average molecular weight is 973 g/mol. The lowest BCUT2D eigenvalue weighted by atomic mass is 10.0. The molecule has 0 radical (unpaired) electrons. The summed E-state index contributed by atoms with van der Waals surface area (Å²) in [5.74, 6) is -0.0608. The van der Waals surface area contributed by atoms with Gasteiger partial charge in [-0.1, -0.05) is 295 Å². The highest BCUT2D eigenvalue weighted by atomic mass is 16.5. The minimum absolute atomic E-state index is 0.0109. The van der Waals surface area contributed by atoms with Crippen LogP contribution in [0, 0.1) is 0 Å². The zero-order valence-electron chi connectivity index (χ0n) is 46.6. The van der Waals surface area contributed by atoms with Crippen molar-refractivity contribution in [2.75, 3.05) is 13.2 Å². The van der Waals surface area contributed by atoms with Crippen molar-refractivity contribution in [3.05, 3.63) is 24.3 Å². The summed E-state index contributed by atoms with van der Waals surface area (Å²) in [6, 6.07) is -0.632. The van der Waals surface area contributed by atoms with Crippen molar-refractivity contribution in [2.45, 2.75) is 353 Å². The Morgan fingerprint density at radius 2 is 0.681 bits per heavy atom. The zero-order valence-corrected chi connectivity index (χ0v) is 46.6. The molecule has 69 heavy (non-hydrogen) atoms. The first kappa shape index (κ1) is 67.3. The molecule has 0 bridgehead atoms. The van der Waals surface area contributed by atoms with E-state index in [1.54, 1.807) is 6.08 Å². The largest absolute Gasteiger partial charge is 0.466 e. The fourth-order valence-electron chi connectivity index (χ4n) is 9.69. The molecule has 6 nitrogen and oxygen atoms in total. The molecule has 0 fully saturated rings. The summed E-state index contributed by atoms with van der Waals surface area (Å²) in [7, 11) is 0. The van der Waals surface area contributed by atoms with E-state index in [0.29, 0.717) is 19.4 Å². The molecule has 408 valence electrons. The molecule has 0 aromatic heterocycles. The Morgan fingerprint density at radius 3 is 1.03 bits per heavy atom. The number of carbonyl (C=O) groups is 2. The summed E-state index contributed by atoms with van der Waals surface area (Å²) >= 11 is 0. The first-order valence-corrected chi connectivity index (χ1v) is 31.1. The van der Waals surface area contributed by atoms with Gasteiger partial charge in [-0.05, 0) is 57.8 Å². The minimum atomic E-state index is -0.848. The number of carbonyl (C=O) groups excluding carboxylic acids is 2. The molecular formula is C63H121NO5. The second kappa shape index (κ2) is 58.9. The summed E-state index contributed by atoms with van der Waals surface area (Å²) in [6.07, 6.45) is 72.2. The van der Waals surface area contributed by atoms with E-state index in [-0.39, 0.29) is 18.5 Å². The van der Waals surface area contributed by atoms with E-state index in [1.807, 2.05) is 6.08 Å². The van der Waals surface area contributed by atoms with Gasteiger partial charge in [0.2, 0.25) is 5.91 Å². The van der Waals surface area contributed by atoms with Crippen molar-refractivity contribution in [1.29, 1.82) is 0 Å². The third-order valence-corrected chi connectivity index (χ3v) is 14.5. The smallest absolute Gasteiger partial charge is 0.305 e. The Hall–Kier alpha value is -1.66. The number of aliphatic hydroxyl groups is 2. The first-order valence-electron chi connectivity index (χ1n) is 31.1. The van der Waals surface area contributed by atoms with Crippen LogP contribution >= 0.6 is 0 Å². The van der Waals surface area contributed by atoms with Crippen LogP contribution in [0.25, 0.3) is 0 Å². The number of nitrogens with one attached hydrogen (secondary N) is 1. The van der Waals surface area contributed by atoms with Gasteiger partial charge >= 0.3 is 5.97 Å².